The summed E-state index contributed by atoms with van der Waals surface area (Å²) in [5, 5.41) is 7.37. The van der Waals surface area contributed by atoms with E-state index in [-0.39, 0.29) is 5.91 Å². The fourth-order valence-electron chi connectivity index (χ4n) is 3.03. The van der Waals surface area contributed by atoms with Gasteiger partial charge in [-0.05, 0) is 56.7 Å². The van der Waals surface area contributed by atoms with Gasteiger partial charge in [0.2, 0.25) is 11.8 Å². The minimum absolute atomic E-state index is 0.262. The molecule has 0 unspecified atom stereocenters. The van der Waals surface area contributed by atoms with Crippen LogP contribution in [-0.4, -0.2) is 21.6 Å². The molecule has 6 heteroatoms. The highest BCUT2D eigenvalue weighted by molar-refractivity contribution is 6.02. The fourth-order valence-corrected chi connectivity index (χ4v) is 3.03. The Morgan fingerprint density at radius 1 is 1.03 bits per heavy atom. The molecule has 3 aromatic rings. The maximum absolute atomic E-state index is 12.2. The molecule has 2 aromatic carbocycles. The number of aromatic nitrogens is 2. The minimum atomic E-state index is -0.503. The average molecular weight is 388 g/mol. The summed E-state index contributed by atoms with van der Waals surface area (Å²) >= 11 is 0. The predicted molar refractivity (Wildman–Crippen MR) is 115 cm³/mol. The monoisotopic (exact) mass is 388 g/mol. The molecule has 0 saturated heterocycles. The normalized spacial score (nSPS) is 11.0. The molecule has 29 heavy (non-hydrogen) atoms. The van der Waals surface area contributed by atoms with Crippen LogP contribution in [0.4, 0.5) is 5.69 Å². The second-order valence-corrected chi connectivity index (χ2v) is 6.99. The van der Waals surface area contributed by atoms with Crippen LogP contribution in [0, 0.1) is 20.8 Å². The maximum atomic E-state index is 12.2. The molecule has 0 aliphatic heterocycles. The van der Waals surface area contributed by atoms with Gasteiger partial charge in [-0.15, -0.1) is 0 Å². The van der Waals surface area contributed by atoms with E-state index in [0.717, 1.165) is 17.0 Å². The van der Waals surface area contributed by atoms with Gasteiger partial charge in [-0.2, -0.15) is 5.10 Å². The van der Waals surface area contributed by atoms with Gasteiger partial charge in [0, 0.05) is 28.6 Å². The Hall–Kier alpha value is -3.67. The number of nitrogens with two attached hydrogens (primary N) is 1. The van der Waals surface area contributed by atoms with E-state index in [1.165, 1.54) is 17.2 Å². The number of amides is 2. The van der Waals surface area contributed by atoms with Gasteiger partial charge in [0.15, 0.2) is 0 Å². The highest BCUT2D eigenvalue weighted by Crippen LogP contribution is 2.17. The lowest BCUT2D eigenvalue weighted by molar-refractivity contribution is -0.111. The predicted octanol–water partition coefficient (Wildman–Crippen LogP) is 3.61. The van der Waals surface area contributed by atoms with Crippen LogP contribution >= 0.6 is 0 Å². The summed E-state index contributed by atoms with van der Waals surface area (Å²) in [6, 6.07) is 14.8. The van der Waals surface area contributed by atoms with Crippen LogP contribution in [0.25, 0.3) is 6.08 Å². The van der Waals surface area contributed by atoms with E-state index < -0.39 is 5.91 Å². The summed E-state index contributed by atoms with van der Waals surface area (Å²) < 4.78 is 1.94. The molecule has 0 bridgehead atoms. The third kappa shape index (κ3) is 4.99. The molecule has 0 spiro atoms. The summed E-state index contributed by atoms with van der Waals surface area (Å²) in [7, 11) is 0. The Labute approximate surface area is 170 Å². The third-order valence-electron chi connectivity index (χ3n) is 4.73. The van der Waals surface area contributed by atoms with Crippen molar-refractivity contribution in [1.82, 2.24) is 9.78 Å². The third-order valence-corrected chi connectivity index (χ3v) is 4.73. The number of rotatable bonds is 6. The van der Waals surface area contributed by atoms with Crippen molar-refractivity contribution in [1.29, 1.82) is 0 Å². The average Bonchev–Trinajstić information content (AvgIpc) is 2.95. The van der Waals surface area contributed by atoms with Crippen molar-refractivity contribution in [3.63, 3.8) is 0 Å². The molecule has 1 aromatic heterocycles. The molecule has 0 saturated carbocycles. The molecule has 148 valence electrons. The van der Waals surface area contributed by atoms with Gasteiger partial charge in [-0.1, -0.05) is 29.8 Å². The van der Waals surface area contributed by atoms with Crippen molar-refractivity contribution in [2.24, 2.45) is 5.73 Å². The number of carbonyl (C=O) groups excluding carboxylic acids is 2. The minimum Gasteiger partial charge on any atom is -0.366 e. The highest BCUT2D eigenvalue weighted by atomic mass is 16.1. The summed E-state index contributed by atoms with van der Waals surface area (Å²) in [5.74, 6) is -0.765. The molecule has 0 radical (unpaired) electrons. The van der Waals surface area contributed by atoms with Gasteiger partial charge in [0.05, 0.1) is 12.2 Å². The van der Waals surface area contributed by atoms with Crippen molar-refractivity contribution in [2.45, 2.75) is 27.3 Å². The van der Waals surface area contributed by atoms with Gasteiger partial charge < -0.3 is 11.1 Å². The van der Waals surface area contributed by atoms with Crippen LogP contribution in [0.15, 0.2) is 54.6 Å². The lowest BCUT2D eigenvalue weighted by atomic mass is 10.1. The zero-order valence-corrected chi connectivity index (χ0v) is 16.8. The zero-order valence-electron chi connectivity index (χ0n) is 16.8. The summed E-state index contributed by atoms with van der Waals surface area (Å²) in [4.78, 5) is 23.3. The van der Waals surface area contributed by atoms with Gasteiger partial charge >= 0.3 is 0 Å². The molecule has 6 nitrogen and oxygen atoms in total. The summed E-state index contributed by atoms with van der Waals surface area (Å²) in [6.07, 6.45) is 3.26. The first-order valence-electron chi connectivity index (χ1n) is 9.32. The Morgan fingerprint density at radius 2 is 1.69 bits per heavy atom. The van der Waals surface area contributed by atoms with Crippen molar-refractivity contribution in [3.8, 4) is 0 Å². The Morgan fingerprint density at radius 3 is 2.31 bits per heavy atom. The SMILES string of the molecule is Cc1ccc(Cn2nc(C)c(/C=C/C(=O)Nc3ccc(C(N)=O)cc3)c2C)cc1. The largest absolute Gasteiger partial charge is 0.366 e. The number of anilines is 1. The topological polar surface area (TPSA) is 90.0 Å². The summed E-state index contributed by atoms with van der Waals surface area (Å²) in [6.45, 7) is 6.67. The number of hydrogen-bond acceptors (Lipinski definition) is 3. The molecule has 0 aliphatic rings. The van der Waals surface area contributed by atoms with Crippen LogP contribution in [-0.2, 0) is 11.3 Å². The van der Waals surface area contributed by atoms with Gasteiger partial charge in [-0.25, -0.2) is 0 Å². The van der Waals surface area contributed by atoms with Crippen LogP contribution in [0.5, 0.6) is 0 Å². The highest BCUT2D eigenvalue weighted by Gasteiger charge is 2.10. The Bertz CT molecular complexity index is 1060. The number of aryl methyl sites for hydroxylation is 2. The first-order valence-corrected chi connectivity index (χ1v) is 9.32. The number of hydrogen-bond donors (Lipinski definition) is 2. The van der Waals surface area contributed by atoms with Gasteiger partial charge in [0.25, 0.3) is 0 Å². The lowest BCUT2D eigenvalue weighted by Crippen LogP contribution is -2.11. The van der Waals surface area contributed by atoms with E-state index in [2.05, 4.69) is 41.6 Å². The van der Waals surface area contributed by atoms with Crippen LogP contribution < -0.4 is 11.1 Å². The second kappa shape index (κ2) is 8.56. The molecule has 3 rings (SSSR count). The molecular weight excluding hydrogens is 364 g/mol. The lowest BCUT2D eigenvalue weighted by Gasteiger charge is -2.05. The summed E-state index contributed by atoms with van der Waals surface area (Å²) in [5.41, 5.74) is 11.4. The number of benzene rings is 2. The van der Waals surface area contributed by atoms with Crippen molar-refractivity contribution in [3.05, 3.63) is 88.2 Å². The Kier molecular flexibility index (Phi) is 5.93. The van der Waals surface area contributed by atoms with Crippen molar-refractivity contribution < 1.29 is 9.59 Å². The molecule has 0 atom stereocenters. The standard InChI is InChI=1S/C23H24N4O2/c1-15-4-6-18(7-5-15)14-27-17(3)21(16(2)26-27)12-13-22(28)25-20-10-8-19(9-11-20)23(24)29/h4-13H,14H2,1-3H3,(H2,24,29)(H,25,28)/b13-12+. The van der Waals surface area contributed by atoms with E-state index in [9.17, 15) is 9.59 Å². The molecule has 3 N–H and O–H groups in total. The first-order chi connectivity index (χ1) is 13.8. The number of carbonyl (C=O) groups is 2. The Balaban J connectivity index is 1.69. The maximum Gasteiger partial charge on any atom is 0.248 e. The molecule has 2 amide bonds. The molecule has 0 aliphatic carbocycles. The smallest absolute Gasteiger partial charge is 0.248 e. The van der Waals surface area contributed by atoms with E-state index in [1.807, 2.05) is 18.5 Å². The first kappa shape index (κ1) is 20.1. The fraction of sp³-hybridized carbons (Fsp3) is 0.174. The van der Waals surface area contributed by atoms with Crippen LogP contribution in [0.2, 0.25) is 0 Å². The van der Waals surface area contributed by atoms with E-state index in [4.69, 9.17) is 5.73 Å². The number of nitrogens with zero attached hydrogens (tertiary/aromatic N) is 2. The van der Waals surface area contributed by atoms with Gasteiger partial charge in [0.1, 0.15) is 0 Å². The van der Waals surface area contributed by atoms with Crippen molar-refractivity contribution in [2.75, 3.05) is 5.32 Å². The molecule has 1 heterocycles. The van der Waals surface area contributed by atoms with E-state index in [0.29, 0.717) is 17.8 Å². The van der Waals surface area contributed by atoms with E-state index >= 15 is 0 Å². The number of primary amides is 1. The zero-order chi connectivity index (χ0) is 21.0. The molecule has 0 fully saturated rings. The van der Waals surface area contributed by atoms with Crippen LogP contribution in [0.3, 0.4) is 0 Å². The quantitative estimate of drug-likeness (QED) is 0.632. The second-order valence-electron chi connectivity index (χ2n) is 6.99. The van der Waals surface area contributed by atoms with Gasteiger partial charge in [-0.3, -0.25) is 14.3 Å². The van der Waals surface area contributed by atoms with Crippen molar-refractivity contribution >= 4 is 23.6 Å². The molecular formula is C23H24N4O2. The van der Waals surface area contributed by atoms with Crippen LogP contribution in [0.1, 0.15) is 38.4 Å². The van der Waals surface area contributed by atoms with E-state index in [1.54, 1.807) is 30.3 Å². The number of nitrogens with one attached hydrogen (secondary N) is 1.